The molecule has 3 atom stereocenters. The normalized spacial score (nSPS) is 18.7. The zero-order chi connectivity index (χ0) is 24.5. The summed E-state index contributed by atoms with van der Waals surface area (Å²) in [6, 6.07) is 19.7. The van der Waals surface area contributed by atoms with E-state index < -0.39 is 0 Å². The van der Waals surface area contributed by atoms with Gasteiger partial charge in [-0.25, -0.2) is 4.39 Å². The van der Waals surface area contributed by atoms with Crippen LogP contribution in [0.2, 0.25) is 0 Å². The lowest BCUT2D eigenvalue weighted by atomic mass is 9.81. The van der Waals surface area contributed by atoms with Gasteiger partial charge in [0.1, 0.15) is 11.6 Å². The average Bonchev–Trinajstić information content (AvgIpc) is 3.73. The number of methoxy groups -OCH3 is 2. The van der Waals surface area contributed by atoms with Gasteiger partial charge in [0.25, 0.3) is 0 Å². The number of aryl methyl sites for hydroxylation is 1. The highest BCUT2D eigenvalue weighted by Gasteiger charge is 2.39. The fourth-order valence-corrected chi connectivity index (χ4v) is 5.47. The molecule has 1 aliphatic carbocycles. The molecular formula is C30H32FNO3. The molecule has 0 radical (unpaired) electrons. The Morgan fingerprint density at radius 3 is 2.46 bits per heavy atom. The molecule has 0 amide bonds. The molecule has 182 valence electrons. The number of esters is 1. The summed E-state index contributed by atoms with van der Waals surface area (Å²) in [5.74, 6) is 0.811. The average molecular weight is 474 g/mol. The highest BCUT2D eigenvalue weighted by Crippen LogP contribution is 2.48. The first kappa shape index (κ1) is 23.4. The third-order valence-electron chi connectivity index (χ3n) is 7.59. The van der Waals surface area contributed by atoms with Crippen molar-refractivity contribution < 1.29 is 18.7 Å². The number of fused-ring (bicyclic) bond motifs is 1. The topological polar surface area (TPSA) is 47.6 Å². The van der Waals surface area contributed by atoms with E-state index in [0.29, 0.717) is 17.2 Å². The largest absolute Gasteiger partial charge is 0.497 e. The van der Waals surface area contributed by atoms with Crippen molar-refractivity contribution in [2.24, 2.45) is 11.8 Å². The number of carbonyl (C=O) groups excluding carboxylic acids is 1. The van der Waals surface area contributed by atoms with Gasteiger partial charge in [-0.2, -0.15) is 0 Å². The first-order valence-electron chi connectivity index (χ1n) is 12.4. The molecule has 35 heavy (non-hydrogen) atoms. The number of hydrogen-bond acceptors (Lipinski definition) is 4. The molecule has 1 aliphatic heterocycles. The summed E-state index contributed by atoms with van der Waals surface area (Å²) in [4.78, 5) is 12.3. The minimum absolute atomic E-state index is 0.141. The van der Waals surface area contributed by atoms with Crippen LogP contribution in [0.5, 0.6) is 5.75 Å². The number of hydrogen-bond donors (Lipinski definition) is 1. The van der Waals surface area contributed by atoms with E-state index in [1.165, 1.54) is 42.7 Å². The van der Waals surface area contributed by atoms with E-state index in [2.05, 4.69) is 35.6 Å². The molecule has 4 nitrogen and oxygen atoms in total. The first-order chi connectivity index (χ1) is 17.0. The lowest BCUT2D eigenvalue weighted by Crippen LogP contribution is -2.23. The van der Waals surface area contributed by atoms with E-state index >= 15 is 0 Å². The molecule has 5 heteroatoms. The Labute approximate surface area is 206 Å². The van der Waals surface area contributed by atoms with Gasteiger partial charge >= 0.3 is 5.97 Å². The Balaban J connectivity index is 1.37. The molecule has 0 saturated heterocycles. The van der Waals surface area contributed by atoms with Gasteiger partial charge in [-0.1, -0.05) is 43.3 Å². The van der Waals surface area contributed by atoms with Gasteiger partial charge in [0.05, 0.1) is 26.2 Å². The number of nitrogens with one attached hydrogen (secondary N) is 1. The third-order valence-corrected chi connectivity index (χ3v) is 7.59. The van der Waals surface area contributed by atoms with Crippen LogP contribution in [0, 0.1) is 17.7 Å². The summed E-state index contributed by atoms with van der Waals surface area (Å²) in [6.07, 6.45) is 4.31. The molecule has 1 N–H and O–H groups in total. The highest BCUT2D eigenvalue weighted by atomic mass is 19.1. The van der Waals surface area contributed by atoms with Gasteiger partial charge in [-0.3, -0.25) is 4.79 Å². The number of carbonyl (C=O) groups is 1. The van der Waals surface area contributed by atoms with Gasteiger partial charge < -0.3 is 14.8 Å². The maximum absolute atomic E-state index is 14.4. The zero-order valence-electron chi connectivity index (χ0n) is 20.5. The van der Waals surface area contributed by atoms with Gasteiger partial charge in [-0.05, 0) is 84.0 Å². The number of rotatable bonds is 7. The SMILES string of the molecule is COC(=O)[C@@H](C)[C@H](c1ccc2c(c1)NC(c1ccc(-c3cc(OC)ccc3F)cc1)CC2)C1CC1. The standard InChI is InChI=1S/C30H32FNO3/c1-18(30(33)35-3)29(22-9-10-22)23-11-8-21-12-15-27(32-28(21)16-23)20-6-4-19(5-7-20)25-17-24(34-2)13-14-26(25)31/h4-8,11,13-14,16-18,22,27,29,32H,9-10,12,15H2,1-3H3/t18-,27?,29-/m0/s1. The lowest BCUT2D eigenvalue weighted by Gasteiger charge is -2.30. The highest BCUT2D eigenvalue weighted by molar-refractivity contribution is 5.73. The fraction of sp³-hybridized carbons (Fsp3) is 0.367. The van der Waals surface area contributed by atoms with Crippen LogP contribution in [-0.4, -0.2) is 20.2 Å². The van der Waals surface area contributed by atoms with Gasteiger partial charge in [-0.15, -0.1) is 0 Å². The molecular weight excluding hydrogens is 441 g/mol. The van der Waals surface area contributed by atoms with E-state index in [4.69, 9.17) is 9.47 Å². The van der Waals surface area contributed by atoms with E-state index in [0.717, 1.165) is 24.1 Å². The molecule has 0 bridgehead atoms. The summed E-state index contributed by atoms with van der Waals surface area (Å²) in [6.45, 7) is 1.98. The summed E-state index contributed by atoms with van der Waals surface area (Å²) in [5.41, 5.74) is 6.20. The smallest absolute Gasteiger partial charge is 0.309 e. The Morgan fingerprint density at radius 1 is 1.00 bits per heavy atom. The number of halogens is 1. The van der Waals surface area contributed by atoms with Gasteiger partial charge in [0.2, 0.25) is 0 Å². The van der Waals surface area contributed by atoms with Crippen LogP contribution in [0.3, 0.4) is 0 Å². The van der Waals surface area contributed by atoms with Crippen molar-refractivity contribution in [3.8, 4) is 16.9 Å². The minimum Gasteiger partial charge on any atom is -0.497 e. The van der Waals surface area contributed by atoms with Crippen LogP contribution in [0.15, 0.2) is 60.7 Å². The van der Waals surface area contributed by atoms with Crippen LogP contribution in [-0.2, 0) is 16.0 Å². The molecule has 0 spiro atoms. The second-order valence-electron chi connectivity index (χ2n) is 9.80. The Kier molecular flexibility index (Phi) is 6.50. The van der Waals surface area contributed by atoms with E-state index in [9.17, 15) is 9.18 Å². The van der Waals surface area contributed by atoms with Gasteiger partial charge in [0.15, 0.2) is 0 Å². The van der Waals surface area contributed by atoms with Crippen molar-refractivity contribution in [3.05, 3.63) is 83.2 Å². The Hall–Kier alpha value is -3.34. The van der Waals surface area contributed by atoms with Crippen LogP contribution < -0.4 is 10.1 Å². The third kappa shape index (κ3) is 4.77. The second-order valence-corrected chi connectivity index (χ2v) is 9.80. The molecule has 1 fully saturated rings. The van der Waals surface area contributed by atoms with Crippen LogP contribution in [0.4, 0.5) is 10.1 Å². The van der Waals surface area contributed by atoms with Crippen LogP contribution in [0.25, 0.3) is 11.1 Å². The lowest BCUT2D eigenvalue weighted by molar-refractivity contribution is -0.145. The quantitative estimate of drug-likeness (QED) is 0.379. The van der Waals surface area contributed by atoms with E-state index in [1.807, 2.05) is 19.1 Å². The summed E-state index contributed by atoms with van der Waals surface area (Å²) >= 11 is 0. The maximum Gasteiger partial charge on any atom is 0.309 e. The summed E-state index contributed by atoms with van der Waals surface area (Å²) in [7, 11) is 3.05. The second kappa shape index (κ2) is 9.73. The molecule has 0 aromatic heterocycles. The van der Waals surface area contributed by atoms with Crippen molar-refractivity contribution in [1.82, 2.24) is 0 Å². The molecule has 1 unspecified atom stereocenters. The molecule has 3 aromatic rings. The summed E-state index contributed by atoms with van der Waals surface area (Å²) < 4.78 is 24.7. The fourth-order valence-electron chi connectivity index (χ4n) is 5.47. The monoisotopic (exact) mass is 473 g/mol. The van der Waals surface area contributed by atoms with Crippen molar-refractivity contribution in [3.63, 3.8) is 0 Å². The zero-order valence-corrected chi connectivity index (χ0v) is 20.5. The van der Waals surface area contributed by atoms with Crippen molar-refractivity contribution in [2.75, 3.05) is 19.5 Å². The number of ether oxygens (including phenoxy) is 2. The number of anilines is 1. The van der Waals surface area contributed by atoms with Crippen molar-refractivity contribution in [1.29, 1.82) is 0 Å². The van der Waals surface area contributed by atoms with Gasteiger partial charge in [0, 0.05) is 11.3 Å². The van der Waals surface area contributed by atoms with Crippen LogP contribution in [0.1, 0.15) is 54.8 Å². The predicted molar refractivity (Wildman–Crippen MR) is 136 cm³/mol. The van der Waals surface area contributed by atoms with Crippen molar-refractivity contribution >= 4 is 11.7 Å². The summed E-state index contributed by atoms with van der Waals surface area (Å²) in [5, 5.41) is 3.73. The Morgan fingerprint density at radius 2 is 1.77 bits per heavy atom. The minimum atomic E-state index is -0.262. The van der Waals surface area contributed by atoms with E-state index in [-0.39, 0.29) is 29.7 Å². The first-order valence-corrected chi connectivity index (χ1v) is 12.4. The molecule has 1 saturated carbocycles. The predicted octanol–water partition coefficient (Wildman–Crippen LogP) is 6.90. The molecule has 1 heterocycles. The molecule has 3 aromatic carbocycles. The van der Waals surface area contributed by atoms with E-state index in [1.54, 1.807) is 19.2 Å². The molecule has 5 rings (SSSR count). The van der Waals surface area contributed by atoms with Crippen LogP contribution >= 0.6 is 0 Å². The van der Waals surface area contributed by atoms with Crippen molar-refractivity contribution in [2.45, 2.75) is 44.6 Å². The Bertz CT molecular complexity index is 1220. The maximum atomic E-state index is 14.4. The molecule has 2 aliphatic rings. The number of benzene rings is 3.